The number of hydrogen-bond acceptors (Lipinski definition) is 5. The smallest absolute Gasteiger partial charge is 0.231 e. The number of H-pyrrole nitrogens is 1. The zero-order valence-electron chi connectivity index (χ0n) is 6.95. The standard InChI is InChI=1S/C6H7N3O4S/c10-9(11)4-1-5-14(12,13)6-7-2-3-8-6/h1-4H,5H2,(H,7,8). The van der Waals surface area contributed by atoms with Gasteiger partial charge in [-0.25, -0.2) is 13.4 Å². The second-order valence-electron chi connectivity index (χ2n) is 2.35. The predicted molar refractivity (Wildman–Crippen MR) is 46.8 cm³/mol. The van der Waals surface area contributed by atoms with E-state index in [9.17, 15) is 18.5 Å². The first-order chi connectivity index (χ1) is 6.52. The molecule has 1 aromatic heterocycles. The Labute approximate surface area is 79.5 Å². The van der Waals surface area contributed by atoms with Crippen molar-refractivity contribution in [2.45, 2.75) is 5.16 Å². The zero-order valence-corrected chi connectivity index (χ0v) is 7.77. The molecule has 0 atom stereocenters. The van der Waals surface area contributed by atoms with Crippen molar-refractivity contribution in [2.75, 3.05) is 5.75 Å². The minimum Gasteiger partial charge on any atom is -0.336 e. The molecule has 0 saturated heterocycles. The monoisotopic (exact) mass is 217 g/mol. The molecule has 76 valence electrons. The van der Waals surface area contributed by atoms with Crippen LogP contribution >= 0.6 is 0 Å². The number of sulfone groups is 1. The fraction of sp³-hybridized carbons (Fsp3) is 0.167. The number of nitro groups is 1. The highest BCUT2D eigenvalue weighted by Crippen LogP contribution is 2.03. The molecule has 0 fully saturated rings. The molecular weight excluding hydrogens is 210 g/mol. The van der Waals surface area contributed by atoms with Gasteiger partial charge in [0.1, 0.15) is 0 Å². The number of imidazole rings is 1. The van der Waals surface area contributed by atoms with E-state index in [4.69, 9.17) is 0 Å². The summed E-state index contributed by atoms with van der Waals surface area (Å²) in [5.74, 6) is -0.443. The summed E-state index contributed by atoms with van der Waals surface area (Å²) in [6, 6.07) is 0. The Morgan fingerprint density at radius 2 is 2.36 bits per heavy atom. The van der Waals surface area contributed by atoms with Gasteiger partial charge in [0.2, 0.25) is 21.2 Å². The van der Waals surface area contributed by atoms with E-state index in [0.29, 0.717) is 6.20 Å². The molecule has 1 rings (SSSR count). The summed E-state index contributed by atoms with van der Waals surface area (Å²) < 4.78 is 22.6. The van der Waals surface area contributed by atoms with Gasteiger partial charge in [0.25, 0.3) is 0 Å². The number of aromatic nitrogens is 2. The lowest BCUT2D eigenvalue weighted by molar-refractivity contribution is -0.402. The summed E-state index contributed by atoms with van der Waals surface area (Å²) in [6.45, 7) is 0. The minimum atomic E-state index is -3.57. The summed E-state index contributed by atoms with van der Waals surface area (Å²) >= 11 is 0. The van der Waals surface area contributed by atoms with Crippen LogP contribution in [0, 0.1) is 10.1 Å². The van der Waals surface area contributed by atoms with Gasteiger partial charge in [-0.3, -0.25) is 10.1 Å². The Hall–Kier alpha value is -1.70. The lowest BCUT2D eigenvalue weighted by Gasteiger charge is -1.93. The van der Waals surface area contributed by atoms with Crippen LogP contribution in [-0.2, 0) is 9.84 Å². The van der Waals surface area contributed by atoms with Crippen molar-refractivity contribution >= 4 is 9.84 Å². The Morgan fingerprint density at radius 3 is 2.86 bits per heavy atom. The second-order valence-corrected chi connectivity index (χ2v) is 4.30. The molecule has 0 amide bonds. The van der Waals surface area contributed by atoms with Gasteiger partial charge in [-0.05, 0) is 0 Å². The van der Waals surface area contributed by atoms with Crippen molar-refractivity contribution in [2.24, 2.45) is 0 Å². The molecule has 0 spiro atoms. The number of hydrogen-bond donors (Lipinski definition) is 1. The summed E-state index contributed by atoms with van der Waals surface area (Å²) in [6.07, 6.45) is 4.20. The number of nitrogens with one attached hydrogen (secondary N) is 1. The van der Waals surface area contributed by atoms with E-state index < -0.39 is 20.5 Å². The molecule has 0 aliphatic heterocycles. The summed E-state index contributed by atoms with van der Waals surface area (Å²) in [5, 5.41) is 9.68. The molecule has 14 heavy (non-hydrogen) atoms. The van der Waals surface area contributed by atoms with Crippen molar-refractivity contribution < 1.29 is 13.3 Å². The Balaban J connectivity index is 2.74. The van der Waals surface area contributed by atoms with Crippen molar-refractivity contribution in [3.63, 3.8) is 0 Å². The Morgan fingerprint density at radius 1 is 1.64 bits per heavy atom. The van der Waals surface area contributed by atoms with Gasteiger partial charge in [0, 0.05) is 18.5 Å². The highest BCUT2D eigenvalue weighted by atomic mass is 32.2. The van der Waals surface area contributed by atoms with Crippen LogP contribution in [0.5, 0.6) is 0 Å². The quantitative estimate of drug-likeness (QED) is 0.563. The van der Waals surface area contributed by atoms with Gasteiger partial charge >= 0.3 is 0 Å². The number of aromatic amines is 1. The maximum atomic E-state index is 11.3. The average molecular weight is 217 g/mol. The third-order valence-electron chi connectivity index (χ3n) is 1.31. The van der Waals surface area contributed by atoms with Crippen LogP contribution in [0.25, 0.3) is 0 Å². The first-order valence-electron chi connectivity index (χ1n) is 3.54. The van der Waals surface area contributed by atoms with Gasteiger partial charge in [0.15, 0.2) is 0 Å². The lowest BCUT2D eigenvalue weighted by atomic mass is 10.7. The molecule has 0 aliphatic carbocycles. The molecular formula is C6H7N3O4S. The van der Waals surface area contributed by atoms with E-state index in [1.165, 1.54) is 12.4 Å². The molecule has 0 radical (unpaired) electrons. The molecule has 1 heterocycles. The topological polar surface area (TPSA) is 106 Å². The summed E-state index contributed by atoms with van der Waals surface area (Å²) in [4.78, 5) is 15.1. The molecule has 0 aromatic carbocycles. The van der Waals surface area contributed by atoms with Crippen LogP contribution in [0.2, 0.25) is 0 Å². The first-order valence-corrected chi connectivity index (χ1v) is 5.20. The normalized spacial score (nSPS) is 12.0. The van der Waals surface area contributed by atoms with Gasteiger partial charge in [-0.15, -0.1) is 0 Å². The van der Waals surface area contributed by atoms with Gasteiger partial charge in [0.05, 0.1) is 10.7 Å². The molecule has 0 bridgehead atoms. The fourth-order valence-electron chi connectivity index (χ4n) is 0.756. The summed E-state index contributed by atoms with van der Waals surface area (Å²) in [7, 11) is -3.57. The molecule has 7 nitrogen and oxygen atoms in total. The van der Waals surface area contributed by atoms with Crippen molar-refractivity contribution in [3.05, 3.63) is 34.8 Å². The van der Waals surface area contributed by atoms with Gasteiger partial charge < -0.3 is 4.98 Å². The highest BCUT2D eigenvalue weighted by molar-refractivity contribution is 7.91. The van der Waals surface area contributed by atoms with E-state index >= 15 is 0 Å². The largest absolute Gasteiger partial charge is 0.336 e. The van der Waals surface area contributed by atoms with E-state index in [1.807, 2.05) is 0 Å². The molecule has 0 unspecified atom stereocenters. The van der Waals surface area contributed by atoms with Crippen LogP contribution in [0.4, 0.5) is 0 Å². The number of nitrogens with zero attached hydrogens (tertiary/aromatic N) is 2. The third-order valence-corrected chi connectivity index (χ3v) is 2.75. The minimum absolute atomic E-state index is 0.189. The highest BCUT2D eigenvalue weighted by Gasteiger charge is 2.15. The van der Waals surface area contributed by atoms with Crippen LogP contribution < -0.4 is 0 Å². The van der Waals surface area contributed by atoms with Crippen molar-refractivity contribution in [1.29, 1.82) is 0 Å². The molecule has 0 aliphatic rings. The van der Waals surface area contributed by atoms with Crippen molar-refractivity contribution in [3.8, 4) is 0 Å². The van der Waals surface area contributed by atoms with Gasteiger partial charge in [-0.1, -0.05) is 0 Å². The van der Waals surface area contributed by atoms with Crippen LogP contribution in [0.3, 0.4) is 0 Å². The maximum absolute atomic E-state index is 11.3. The third kappa shape index (κ3) is 2.66. The first kappa shape index (κ1) is 10.4. The molecule has 1 N–H and O–H groups in total. The van der Waals surface area contributed by atoms with E-state index in [2.05, 4.69) is 9.97 Å². The second kappa shape index (κ2) is 4.01. The summed E-state index contributed by atoms with van der Waals surface area (Å²) in [5.41, 5.74) is 0. The lowest BCUT2D eigenvalue weighted by Crippen LogP contribution is -2.06. The molecule has 8 heteroatoms. The average Bonchev–Trinajstić information content (AvgIpc) is 2.54. The van der Waals surface area contributed by atoms with Crippen LogP contribution in [0.1, 0.15) is 0 Å². The van der Waals surface area contributed by atoms with Crippen LogP contribution in [0.15, 0.2) is 29.8 Å². The predicted octanol–water partition coefficient (Wildman–Crippen LogP) is -0.0262. The van der Waals surface area contributed by atoms with E-state index in [-0.39, 0.29) is 5.16 Å². The van der Waals surface area contributed by atoms with E-state index in [0.717, 1.165) is 6.08 Å². The fourth-order valence-corrected chi connectivity index (χ4v) is 1.72. The maximum Gasteiger partial charge on any atom is 0.231 e. The molecule has 1 aromatic rings. The van der Waals surface area contributed by atoms with E-state index in [1.54, 1.807) is 0 Å². The zero-order chi connectivity index (χ0) is 10.6. The Kier molecular flexibility index (Phi) is 2.97. The number of rotatable bonds is 4. The Bertz CT molecular complexity index is 434. The van der Waals surface area contributed by atoms with Crippen LogP contribution in [-0.4, -0.2) is 29.1 Å². The van der Waals surface area contributed by atoms with Crippen molar-refractivity contribution in [1.82, 2.24) is 9.97 Å². The van der Waals surface area contributed by atoms with Gasteiger partial charge in [-0.2, -0.15) is 0 Å². The molecule has 0 saturated carbocycles. The SMILES string of the molecule is O=[N+]([O-])C=CCS(=O)(=O)c1ncc[nH]1.